The summed E-state index contributed by atoms with van der Waals surface area (Å²) < 4.78 is 0. The van der Waals surface area contributed by atoms with Crippen molar-refractivity contribution in [2.75, 3.05) is 18.9 Å². The lowest BCUT2D eigenvalue weighted by Crippen LogP contribution is -2.25. The number of aliphatic hydroxyl groups excluding tert-OH is 1. The van der Waals surface area contributed by atoms with Crippen LogP contribution in [0.3, 0.4) is 0 Å². The third-order valence-corrected chi connectivity index (χ3v) is 2.85. The van der Waals surface area contributed by atoms with E-state index >= 15 is 0 Å². The maximum absolute atomic E-state index is 12.0. The van der Waals surface area contributed by atoms with Gasteiger partial charge in [-0.3, -0.25) is 4.79 Å². The molecule has 16 heavy (non-hydrogen) atoms. The lowest BCUT2D eigenvalue weighted by molar-refractivity contribution is 0.0773. The van der Waals surface area contributed by atoms with E-state index in [1.54, 1.807) is 11.0 Å². The molecule has 1 aromatic carbocycles. The van der Waals surface area contributed by atoms with E-state index in [0.717, 1.165) is 24.0 Å². The van der Waals surface area contributed by atoms with E-state index in [0.29, 0.717) is 18.8 Å². The molecule has 1 aliphatic heterocycles. The molecule has 0 fully saturated rings. The highest BCUT2D eigenvalue weighted by Gasteiger charge is 2.26. The molecule has 0 atom stereocenters. The molecule has 1 amide bonds. The number of carbonyl (C=O) groups excluding carboxylic acids is 1. The fourth-order valence-electron chi connectivity index (χ4n) is 1.97. The van der Waals surface area contributed by atoms with E-state index in [-0.39, 0.29) is 12.5 Å². The molecule has 1 heterocycles. The summed E-state index contributed by atoms with van der Waals surface area (Å²) in [4.78, 5) is 13.8. The van der Waals surface area contributed by atoms with E-state index in [9.17, 15) is 4.79 Å². The molecule has 0 aromatic heterocycles. The van der Waals surface area contributed by atoms with Crippen LogP contribution in [0.5, 0.6) is 0 Å². The number of hydrogen-bond acceptors (Lipinski definition) is 3. The minimum absolute atomic E-state index is 0.0558. The van der Waals surface area contributed by atoms with Crippen LogP contribution >= 0.6 is 0 Å². The highest BCUT2D eigenvalue weighted by molar-refractivity contribution is 5.99. The normalized spacial score (nSPS) is 14.3. The zero-order valence-electron chi connectivity index (χ0n) is 9.15. The van der Waals surface area contributed by atoms with Crippen molar-refractivity contribution in [3.05, 3.63) is 29.3 Å². The van der Waals surface area contributed by atoms with Crippen molar-refractivity contribution in [1.29, 1.82) is 0 Å². The van der Waals surface area contributed by atoms with Gasteiger partial charge in [0, 0.05) is 30.9 Å². The van der Waals surface area contributed by atoms with Crippen LogP contribution in [0.25, 0.3) is 0 Å². The molecule has 3 N–H and O–H groups in total. The molecular formula is C12H16N2O2. The summed E-state index contributed by atoms with van der Waals surface area (Å²) in [6.45, 7) is 1.55. The number of rotatable bonds is 4. The second kappa shape index (κ2) is 4.53. The first-order valence-electron chi connectivity index (χ1n) is 5.51. The van der Waals surface area contributed by atoms with E-state index < -0.39 is 0 Å². The van der Waals surface area contributed by atoms with Crippen molar-refractivity contribution < 1.29 is 9.90 Å². The Balaban J connectivity index is 2.06. The molecule has 0 unspecified atom stereocenters. The number of nitrogen functional groups attached to an aromatic ring is 1. The summed E-state index contributed by atoms with van der Waals surface area (Å²) in [6.07, 6.45) is 1.58. The van der Waals surface area contributed by atoms with Crippen molar-refractivity contribution in [2.45, 2.75) is 19.4 Å². The average molecular weight is 220 g/mol. The van der Waals surface area contributed by atoms with Crippen LogP contribution in [0.2, 0.25) is 0 Å². The number of hydrogen-bond donors (Lipinski definition) is 2. The van der Waals surface area contributed by atoms with Gasteiger partial charge in [0.05, 0.1) is 0 Å². The summed E-state index contributed by atoms with van der Waals surface area (Å²) in [7, 11) is 0. The van der Waals surface area contributed by atoms with Gasteiger partial charge in [0.2, 0.25) is 0 Å². The fraction of sp³-hybridized carbons (Fsp3) is 0.417. The third kappa shape index (κ3) is 2.02. The quantitative estimate of drug-likeness (QED) is 0.587. The predicted molar refractivity (Wildman–Crippen MR) is 61.9 cm³/mol. The van der Waals surface area contributed by atoms with Crippen LogP contribution in [-0.4, -0.2) is 29.1 Å². The number of anilines is 1. The number of carbonyl (C=O) groups is 1. The second-order valence-corrected chi connectivity index (χ2v) is 4.07. The lowest BCUT2D eigenvalue weighted by atomic mass is 10.1. The molecule has 0 aliphatic carbocycles. The third-order valence-electron chi connectivity index (χ3n) is 2.85. The molecule has 0 radical (unpaired) electrons. The monoisotopic (exact) mass is 220 g/mol. The van der Waals surface area contributed by atoms with Gasteiger partial charge in [0.15, 0.2) is 0 Å². The molecule has 86 valence electrons. The topological polar surface area (TPSA) is 66.6 Å². The zero-order valence-corrected chi connectivity index (χ0v) is 9.15. The van der Waals surface area contributed by atoms with E-state index in [1.807, 2.05) is 12.1 Å². The molecule has 4 nitrogen and oxygen atoms in total. The number of amides is 1. The minimum atomic E-state index is 0.0558. The Morgan fingerprint density at radius 1 is 1.38 bits per heavy atom. The van der Waals surface area contributed by atoms with Gasteiger partial charge in [0.1, 0.15) is 0 Å². The van der Waals surface area contributed by atoms with Gasteiger partial charge in [-0.1, -0.05) is 6.07 Å². The smallest absolute Gasteiger partial charge is 0.254 e. The molecule has 0 spiro atoms. The predicted octanol–water partition coefficient (Wildman–Crippen LogP) is 0.997. The minimum Gasteiger partial charge on any atom is -0.399 e. The first kappa shape index (κ1) is 11.0. The van der Waals surface area contributed by atoms with Crippen LogP contribution in [0.1, 0.15) is 28.8 Å². The Morgan fingerprint density at radius 3 is 2.94 bits per heavy atom. The van der Waals surface area contributed by atoms with Crippen LogP contribution in [0.15, 0.2) is 18.2 Å². The van der Waals surface area contributed by atoms with Gasteiger partial charge in [-0.25, -0.2) is 0 Å². The van der Waals surface area contributed by atoms with E-state index in [1.165, 1.54) is 0 Å². The number of nitrogens with two attached hydrogens (primary N) is 1. The second-order valence-electron chi connectivity index (χ2n) is 4.07. The Hall–Kier alpha value is -1.55. The molecule has 4 heteroatoms. The largest absolute Gasteiger partial charge is 0.399 e. The van der Waals surface area contributed by atoms with Gasteiger partial charge >= 0.3 is 0 Å². The highest BCUT2D eigenvalue weighted by atomic mass is 16.3. The van der Waals surface area contributed by atoms with Crippen LogP contribution in [-0.2, 0) is 6.54 Å². The molecule has 0 bridgehead atoms. The first-order chi connectivity index (χ1) is 7.72. The van der Waals surface area contributed by atoms with Crippen LogP contribution < -0.4 is 5.73 Å². The average Bonchev–Trinajstić information content (AvgIpc) is 2.57. The Kier molecular flexibility index (Phi) is 3.10. The first-order valence-corrected chi connectivity index (χ1v) is 5.51. The van der Waals surface area contributed by atoms with Crippen LogP contribution in [0, 0.1) is 0 Å². The lowest BCUT2D eigenvalue weighted by Gasteiger charge is -2.14. The Morgan fingerprint density at radius 2 is 2.19 bits per heavy atom. The standard InChI is InChI=1S/C12H16N2O2/c13-10-4-3-9-8-14(5-1-2-6-15)12(16)11(9)7-10/h3-4,7,15H,1-2,5-6,8,13H2. The van der Waals surface area contributed by atoms with Crippen molar-refractivity contribution in [1.82, 2.24) is 4.90 Å². The van der Waals surface area contributed by atoms with Crippen molar-refractivity contribution in [2.24, 2.45) is 0 Å². The fourth-order valence-corrected chi connectivity index (χ4v) is 1.97. The number of benzene rings is 1. The molecule has 0 saturated heterocycles. The van der Waals surface area contributed by atoms with Gasteiger partial charge < -0.3 is 15.7 Å². The SMILES string of the molecule is Nc1ccc2c(c1)C(=O)N(CCCCO)C2. The number of aliphatic hydroxyl groups is 1. The summed E-state index contributed by atoms with van der Waals surface area (Å²) in [5.41, 5.74) is 8.06. The summed E-state index contributed by atoms with van der Waals surface area (Å²) in [5.74, 6) is 0.0558. The van der Waals surface area contributed by atoms with Gasteiger partial charge in [-0.2, -0.15) is 0 Å². The molecule has 0 saturated carbocycles. The van der Waals surface area contributed by atoms with Crippen LogP contribution in [0.4, 0.5) is 5.69 Å². The summed E-state index contributed by atoms with van der Waals surface area (Å²) >= 11 is 0. The number of unbranched alkanes of at least 4 members (excludes halogenated alkanes) is 1. The highest BCUT2D eigenvalue weighted by Crippen LogP contribution is 2.24. The van der Waals surface area contributed by atoms with Gasteiger partial charge in [-0.05, 0) is 30.5 Å². The zero-order chi connectivity index (χ0) is 11.5. The molecule has 2 rings (SSSR count). The summed E-state index contributed by atoms with van der Waals surface area (Å²) in [5, 5.41) is 8.70. The molecule has 1 aliphatic rings. The van der Waals surface area contributed by atoms with Crippen molar-refractivity contribution >= 4 is 11.6 Å². The maximum atomic E-state index is 12.0. The number of fused-ring (bicyclic) bond motifs is 1. The Labute approximate surface area is 94.7 Å². The molecular weight excluding hydrogens is 204 g/mol. The van der Waals surface area contributed by atoms with E-state index in [2.05, 4.69) is 0 Å². The van der Waals surface area contributed by atoms with Crippen molar-refractivity contribution in [3.8, 4) is 0 Å². The van der Waals surface area contributed by atoms with Gasteiger partial charge in [-0.15, -0.1) is 0 Å². The van der Waals surface area contributed by atoms with E-state index in [4.69, 9.17) is 10.8 Å². The van der Waals surface area contributed by atoms with Gasteiger partial charge in [0.25, 0.3) is 5.91 Å². The van der Waals surface area contributed by atoms with Crippen molar-refractivity contribution in [3.63, 3.8) is 0 Å². The summed E-state index contributed by atoms with van der Waals surface area (Å²) in [6, 6.07) is 5.47. The molecule has 1 aromatic rings. The number of nitrogens with zero attached hydrogens (tertiary/aromatic N) is 1. The maximum Gasteiger partial charge on any atom is 0.254 e. The Bertz CT molecular complexity index is 404.